The summed E-state index contributed by atoms with van der Waals surface area (Å²) in [5, 5.41) is 15.1. The van der Waals surface area contributed by atoms with Crippen LogP contribution in [-0.4, -0.2) is 53.2 Å². The molecule has 1 aromatic heterocycles. The summed E-state index contributed by atoms with van der Waals surface area (Å²) in [6, 6.07) is 13.0. The highest BCUT2D eigenvalue weighted by molar-refractivity contribution is 7.99. The normalized spacial score (nSPS) is 10.4. The van der Waals surface area contributed by atoms with E-state index in [4.69, 9.17) is 14.2 Å². The summed E-state index contributed by atoms with van der Waals surface area (Å²) in [6.45, 7) is 0.284. The van der Waals surface area contributed by atoms with E-state index in [2.05, 4.69) is 20.8 Å². The molecular formula is C19H21N5O4S. The summed E-state index contributed by atoms with van der Waals surface area (Å²) in [6.07, 6.45) is 0. The number of para-hydroxylation sites is 1. The van der Waals surface area contributed by atoms with Crippen molar-refractivity contribution in [2.45, 2.75) is 11.7 Å². The number of methoxy groups -OCH3 is 3. The van der Waals surface area contributed by atoms with Crippen molar-refractivity contribution in [2.75, 3.05) is 27.1 Å². The van der Waals surface area contributed by atoms with E-state index >= 15 is 0 Å². The van der Waals surface area contributed by atoms with Gasteiger partial charge in [0.05, 0.1) is 32.8 Å². The fraction of sp³-hybridized carbons (Fsp3) is 0.263. The molecule has 152 valence electrons. The summed E-state index contributed by atoms with van der Waals surface area (Å²) in [4.78, 5) is 12.3. The third kappa shape index (κ3) is 4.96. The van der Waals surface area contributed by atoms with Crippen molar-refractivity contribution >= 4 is 17.7 Å². The molecule has 1 amide bonds. The number of tetrazole rings is 1. The number of nitrogens with zero attached hydrogens (tertiary/aromatic N) is 4. The molecular weight excluding hydrogens is 394 g/mol. The van der Waals surface area contributed by atoms with Crippen LogP contribution in [0, 0.1) is 0 Å². The minimum absolute atomic E-state index is 0.158. The van der Waals surface area contributed by atoms with Crippen molar-refractivity contribution in [3.05, 3.63) is 48.0 Å². The number of carbonyl (C=O) groups excluding carboxylic acids is 1. The molecule has 0 spiro atoms. The van der Waals surface area contributed by atoms with Crippen LogP contribution >= 0.6 is 11.8 Å². The molecule has 0 bridgehead atoms. The quantitative estimate of drug-likeness (QED) is 0.530. The summed E-state index contributed by atoms with van der Waals surface area (Å²) in [5.41, 5.74) is 1.60. The van der Waals surface area contributed by atoms with Gasteiger partial charge < -0.3 is 19.5 Å². The van der Waals surface area contributed by atoms with Crippen molar-refractivity contribution in [3.63, 3.8) is 0 Å². The smallest absolute Gasteiger partial charge is 0.230 e. The highest BCUT2D eigenvalue weighted by Crippen LogP contribution is 2.34. The van der Waals surface area contributed by atoms with Crippen LogP contribution in [-0.2, 0) is 11.3 Å². The minimum Gasteiger partial charge on any atom is -0.496 e. The molecule has 0 saturated heterocycles. The molecule has 0 radical (unpaired) electrons. The van der Waals surface area contributed by atoms with Crippen molar-refractivity contribution < 1.29 is 19.0 Å². The third-order valence-electron chi connectivity index (χ3n) is 4.04. The monoisotopic (exact) mass is 415 g/mol. The maximum atomic E-state index is 12.3. The van der Waals surface area contributed by atoms with Gasteiger partial charge in [0.25, 0.3) is 0 Å². The zero-order valence-electron chi connectivity index (χ0n) is 16.3. The number of hydrogen-bond acceptors (Lipinski definition) is 8. The second kappa shape index (κ2) is 9.78. The Morgan fingerprint density at radius 2 is 1.72 bits per heavy atom. The number of thioether (sulfide) groups is 1. The van der Waals surface area contributed by atoms with E-state index in [1.807, 2.05) is 30.3 Å². The van der Waals surface area contributed by atoms with Crippen LogP contribution in [0.15, 0.2) is 47.6 Å². The maximum Gasteiger partial charge on any atom is 0.230 e. The van der Waals surface area contributed by atoms with Gasteiger partial charge in [-0.3, -0.25) is 4.79 Å². The molecule has 0 unspecified atom stereocenters. The standard InChI is InChI=1S/C19H21N5O4S/c1-26-15-10-17(28-3)16(27-2)9-13(15)11-20-18(25)12-29-19-21-22-23-24(19)14-7-5-4-6-8-14/h4-10H,11-12H2,1-3H3,(H,20,25). The van der Waals surface area contributed by atoms with Crippen LogP contribution in [0.1, 0.15) is 5.56 Å². The lowest BCUT2D eigenvalue weighted by Crippen LogP contribution is -2.25. The molecule has 2 aromatic carbocycles. The molecule has 0 fully saturated rings. The van der Waals surface area contributed by atoms with E-state index in [1.54, 1.807) is 38.1 Å². The van der Waals surface area contributed by atoms with Crippen molar-refractivity contribution in [3.8, 4) is 22.9 Å². The van der Waals surface area contributed by atoms with E-state index in [0.717, 1.165) is 11.3 Å². The number of nitrogens with one attached hydrogen (secondary N) is 1. The Kier molecular flexibility index (Phi) is 6.90. The third-order valence-corrected chi connectivity index (χ3v) is 4.96. The summed E-state index contributed by atoms with van der Waals surface area (Å²) >= 11 is 1.25. The fourth-order valence-electron chi connectivity index (χ4n) is 2.61. The molecule has 0 aliphatic rings. The number of benzene rings is 2. The molecule has 29 heavy (non-hydrogen) atoms. The van der Waals surface area contributed by atoms with Crippen LogP contribution in [0.5, 0.6) is 17.2 Å². The van der Waals surface area contributed by atoms with Gasteiger partial charge in [-0.25, -0.2) is 0 Å². The molecule has 10 heteroatoms. The first-order valence-electron chi connectivity index (χ1n) is 8.68. The largest absolute Gasteiger partial charge is 0.496 e. The highest BCUT2D eigenvalue weighted by atomic mass is 32.2. The zero-order chi connectivity index (χ0) is 20.6. The Bertz CT molecular complexity index is 964. The summed E-state index contributed by atoms with van der Waals surface area (Å²) in [7, 11) is 4.67. The van der Waals surface area contributed by atoms with Crippen LogP contribution in [0.2, 0.25) is 0 Å². The van der Waals surface area contributed by atoms with Crippen LogP contribution < -0.4 is 19.5 Å². The van der Waals surface area contributed by atoms with Gasteiger partial charge in [0.15, 0.2) is 11.5 Å². The number of aromatic nitrogens is 4. The lowest BCUT2D eigenvalue weighted by molar-refractivity contribution is -0.118. The van der Waals surface area contributed by atoms with Crippen LogP contribution in [0.3, 0.4) is 0 Å². The molecule has 0 saturated carbocycles. The van der Waals surface area contributed by atoms with Gasteiger partial charge in [0.2, 0.25) is 11.1 Å². The number of ether oxygens (including phenoxy) is 3. The fourth-order valence-corrected chi connectivity index (χ4v) is 3.33. The number of rotatable bonds is 9. The molecule has 0 aliphatic carbocycles. The lowest BCUT2D eigenvalue weighted by Gasteiger charge is -2.14. The molecule has 1 N–H and O–H groups in total. The molecule has 0 aliphatic heterocycles. The second-order valence-electron chi connectivity index (χ2n) is 5.79. The summed E-state index contributed by atoms with van der Waals surface area (Å²) in [5.74, 6) is 1.73. The maximum absolute atomic E-state index is 12.3. The molecule has 1 heterocycles. The van der Waals surface area contributed by atoms with Crippen molar-refractivity contribution in [1.82, 2.24) is 25.5 Å². The van der Waals surface area contributed by atoms with Gasteiger partial charge in [-0.2, -0.15) is 4.68 Å². The Labute approximate surface area is 172 Å². The first kappa shape index (κ1) is 20.5. The van der Waals surface area contributed by atoms with Gasteiger partial charge >= 0.3 is 0 Å². The molecule has 9 nitrogen and oxygen atoms in total. The van der Waals surface area contributed by atoms with Gasteiger partial charge in [0.1, 0.15) is 5.75 Å². The van der Waals surface area contributed by atoms with Gasteiger partial charge in [-0.1, -0.05) is 30.0 Å². The van der Waals surface area contributed by atoms with E-state index in [1.165, 1.54) is 11.8 Å². The second-order valence-corrected chi connectivity index (χ2v) is 6.74. The Hall–Kier alpha value is -3.27. The Morgan fingerprint density at radius 1 is 1.03 bits per heavy atom. The lowest BCUT2D eigenvalue weighted by atomic mass is 10.1. The predicted molar refractivity (Wildman–Crippen MR) is 108 cm³/mol. The number of amides is 1. The molecule has 3 rings (SSSR count). The minimum atomic E-state index is -0.158. The first-order chi connectivity index (χ1) is 14.2. The van der Waals surface area contributed by atoms with E-state index in [9.17, 15) is 4.79 Å². The Morgan fingerprint density at radius 3 is 2.41 bits per heavy atom. The first-order valence-corrected chi connectivity index (χ1v) is 9.67. The zero-order valence-corrected chi connectivity index (χ0v) is 17.1. The van der Waals surface area contributed by atoms with Crippen molar-refractivity contribution in [1.29, 1.82) is 0 Å². The average molecular weight is 415 g/mol. The molecule has 3 aromatic rings. The average Bonchev–Trinajstić information content (AvgIpc) is 3.24. The van der Waals surface area contributed by atoms with Gasteiger partial charge in [0, 0.05) is 18.2 Å². The predicted octanol–water partition coefficient (Wildman–Crippen LogP) is 2.10. The number of hydrogen-bond donors (Lipinski definition) is 1. The van der Waals surface area contributed by atoms with Crippen LogP contribution in [0.4, 0.5) is 0 Å². The SMILES string of the molecule is COc1cc(OC)c(OC)cc1CNC(=O)CSc1nnnn1-c1ccccc1. The summed E-state index contributed by atoms with van der Waals surface area (Å²) < 4.78 is 17.6. The molecule has 0 atom stereocenters. The van der Waals surface area contributed by atoms with E-state index < -0.39 is 0 Å². The Balaban J connectivity index is 1.61. The van der Waals surface area contributed by atoms with Gasteiger partial charge in [-0.05, 0) is 28.6 Å². The highest BCUT2D eigenvalue weighted by Gasteiger charge is 2.14. The van der Waals surface area contributed by atoms with Crippen LogP contribution in [0.25, 0.3) is 5.69 Å². The van der Waals surface area contributed by atoms with E-state index in [-0.39, 0.29) is 18.2 Å². The van der Waals surface area contributed by atoms with E-state index in [0.29, 0.717) is 22.4 Å². The number of carbonyl (C=O) groups is 1. The van der Waals surface area contributed by atoms with Crippen molar-refractivity contribution in [2.24, 2.45) is 0 Å². The van der Waals surface area contributed by atoms with Gasteiger partial charge in [-0.15, -0.1) is 5.10 Å². The topological polar surface area (TPSA) is 100 Å².